The molecule has 1 atom stereocenters. The SMILES string of the molecule is Cc1ccccc1-n1c(S[C@H](C(=O)c2ccccc2)c2ccccc2)nnc1-c1ccncc1. The van der Waals surface area contributed by atoms with Gasteiger partial charge in [-0.05, 0) is 36.2 Å². The van der Waals surface area contributed by atoms with Crippen LogP contribution in [0.1, 0.15) is 26.7 Å². The van der Waals surface area contributed by atoms with Crippen LogP contribution in [0.25, 0.3) is 17.1 Å². The third kappa shape index (κ3) is 4.40. The number of nitrogens with zero attached hydrogens (tertiary/aromatic N) is 4. The summed E-state index contributed by atoms with van der Waals surface area (Å²) in [5, 5.41) is 9.27. The minimum Gasteiger partial charge on any atom is -0.293 e. The molecule has 0 fully saturated rings. The first-order chi connectivity index (χ1) is 16.7. The quantitative estimate of drug-likeness (QED) is 0.208. The first kappa shape index (κ1) is 21.8. The van der Waals surface area contributed by atoms with Gasteiger partial charge in [-0.2, -0.15) is 0 Å². The number of ketones is 1. The van der Waals surface area contributed by atoms with Gasteiger partial charge < -0.3 is 0 Å². The first-order valence-corrected chi connectivity index (χ1v) is 11.8. The van der Waals surface area contributed by atoms with Crippen molar-refractivity contribution in [3.05, 3.63) is 126 Å². The van der Waals surface area contributed by atoms with Crippen molar-refractivity contribution in [2.45, 2.75) is 17.3 Å². The highest BCUT2D eigenvalue weighted by Crippen LogP contribution is 2.39. The molecule has 0 aliphatic heterocycles. The highest BCUT2D eigenvalue weighted by molar-refractivity contribution is 8.00. The van der Waals surface area contributed by atoms with E-state index in [0.29, 0.717) is 16.5 Å². The summed E-state index contributed by atoms with van der Waals surface area (Å²) in [4.78, 5) is 17.8. The fraction of sp³-hybridized carbons (Fsp3) is 0.0714. The highest BCUT2D eigenvalue weighted by atomic mass is 32.2. The average molecular weight is 463 g/mol. The lowest BCUT2D eigenvalue weighted by Gasteiger charge is -2.18. The summed E-state index contributed by atoms with van der Waals surface area (Å²) in [6, 6.07) is 31.2. The topological polar surface area (TPSA) is 60.7 Å². The number of carbonyl (C=O) groups excluding carboxylic acids is 1. The fourth-order valence-corrected chi connectivity index (χ4v) is 4.95. The monoisotopic (exact) mass is 462 g/mol. The third-order valence-electron chi connectivity index (χ3n) is 5.55. The van der Waals surface area contributed by atoms with Gasteiger partial charge in [0.15, 0.2) is 16.8 Å². The molecule has 3 aromatic carbocycles. The van der Waals surface area contributed by atoms with E-state index < -0.39 is 5.25 Å². The van der Waals surface area contributed by atoms with E-state index in [1.54, 1.807) is 12.4 Å². The van der Waals surface area contributed by atoms with Gasteiger partial charge in [0.1, 0.15) is 5.25 Å². The lowest BCUT2D eigenvalue weighted by atomic mass is 10.0. The van der Waals surface area contributed by atoms with Gasteiger partial charge in [-0.3, -0.25) is 14.3 Å². The Bertz CT molecular complexity index is 1400. The van der Waals surface area contributed by atoms with Crippen molar-refractivity contribution in [2.24, 2.45) is 0 Å². The molecule has 0 aliphatic rings. The van der Waals surface area contributed by atoms with Crippen LogP contribution in [-0.2, 0) is 0 Å². The van der Waals surface area contributed by atoms with Crippen LogP contribution in [0.4, 0.5) is 0 Å². The normalized spacial score (nSPS) is 11.8. The van der Waals surface area contributed by atoms with Gasteiger partial charge in [0.25, 0.3) is 0 Å². The maximum absolute atomic E-state index is 13.7. The number of pyridine rings is 1. The summed E-state index contributed by atoms with van der Waals surface area (Å²) in [5.74, 6) is 0.736. The zero-order valence-electron chi connectivity index (χ0n) is 18.6. The van der Waals surface area contributed by atoms with E-state index in [4.69, 9.17) is 0 Å². The summed E-state index contributed by atoms with van der Waals surface area (Å²) >= 11 is 1.41. The molecule has 5 nitrogen and oxygen atoms in total. The van der Waals surface area contributed by atoms with Gasteiger partial charge in [0, 0.05) is 23.5 Å². The Kier molecular flexibility index (Phi) is 6.31. The second kappa shape index (κ2) is 9.85. The number of rotatable bonds is 7. The number of aryl methyl sites for hydroxylation is 1. The molecule has 0 N–H and O–H groups in total. The van der Waals surface area contributed by atoms with Gasteiger partial charge in [0.05, 0.1) is 5.69 Å². The molecule has 0 unspecified atom stereocenters. The molecule has 6 heteroatoms. The smallest absolute Gasteiger partial charge is 0.197 e. The summed E-state index contributed by atoms with van der Waals surface area (Å²) in [6.45, 7) is 2.06. The van der Waals surface area contributed by atoms with Crippen molar-refractivity contribution in [1.82, 2.24) is 19.7 Å². The van der Waals surface area contributed by atoms with E-state index in [1.807, 2.05) is 95.6 Å². The number of benzene rings is 3. The maximum atomic E-state index is 13.7. The number of para-hydroxylation sites is 1. The molecule has 0 saturated carbocycles. The Balaban J connectivity index is 1.64. The zero-order valence-corrected chi connectivity index (χ0v) is 19.4. The van der Waals surface area contributed by atoms with Crippen molar-refractivity contribution in [1.29, 1.82) is 0 Å². The third-order valence-corrected chi connectivity index (χ3v) is 6.75. The van der Waals surface area contributed by atoms with Crippen LogP contribution in [-0.4, -0.2) is 25.5 Å². The highest BCUT2D eigenvalue weighted by Gasteiger charge is 2.27. The molecule has 0 radical (unpaired) electrons. The number of thioether (sulfide) groups is 1. The number of Topliss-reactive ketones (excluding diaryl/α,β-unsaturated/α-hetero) is 1. The van der Waals surface area contributed by atoms with Gasteiger partial charge in [0.2, 0.25) is 0 Å². The summed E-state index contributed by atoms with van der Waals surface area (Å²) < 4.78 is 2.03. The molecule has 0 bridgehead atoms. The molecular formula is C28H22N4OS. The molecule has 2 aromatic heterocycles. The van der Waals surface area contributed by atoms with E-state index >= 15 is 0 Å². The van der Waals surface area contributed by atoms with Crippen LogP contribution < -0.4 is 0 Å². The van der Waals surface area contributed by atoms with Crippen molar-refractivity contribution in [3.8, 4) is 17.1 Å². The largest absolute Gasteiger partial charge is 0.293 e. The Morgan fingerprint density at radius 1 is 0.794 bits per heavy atom. The Morgan fingerprint density at radius 3 is 2.15 bits per heavy atom. The molecule has 166 valence electrons. The number of aromatic nitrogens is 4. The molecule has 34 heavy (non-hydrogen) atoms. The van der Waals surface area contributed by atoms with Crippen LogP contribution in [0.2, 0.25) is 0 Å². The van der Waals surface area contributed by atoms with Crippen molar-refractivity contribution in [3.63, 3.8) is 0 Å². The summed E-state index contributed by atoms with van der Waals surface area (Å²) in [5.41, 5.74) is 4.56. The van der Waals surface area contributed by atoms with E-state index in [9.17, 15) is 4.79 Å². The summed E-state index contributed by atoms with van der Waals surface area (Å²) in [6.07, 6.45) is 3.48. The van der Waals surface area contributed by atoms with E-state index in [2.05, 4.69) is 28.2 Å². The molecule has 0 aliphatic carbocycles. The Hall–Kier alpha value is -4.03. The van der Waals surface area contributed by atoms with Crippen LogP contribution in [0.5, 0.6) is 0 Å². The molecule has 0 spiro atoms. The van der Waals surface area contributed by atoms with Gasteiger partial charge in [-0.25, -0.2) is 0 Å². The number of hydrogen-bond acceptors (Lipinski definition) is 5. The van der Waals surface area contributed by atoms with Crippen molar-refractivity contribution < 1.29 is 4.79 Å². The van der Waals surface area contributed by atoms with Crippen molar-refractivity contribution in [2.75, 3.05) is 0 Å². The van der Waals surface area contributed by atoms with Gasteiger partial charge >= 0.3 is 0 Å². The van der Waals surface area contributed by atoms with Gasteiger partial charge in [-0.15, -0.1) is 10.2 Å². The standard InChI is InChI=1S/C28H22N4OS/c1-20-10-8-9-15-24(20)32-27(23-16-18-29-19-17-23)30-31-28(32)34-26(22-13-6-3-7-14-22)25(33)21-11-4-2-5-12-21/h2-19,26H,1H3/t26-/m0/s1. The number of hydrogen-bond donors (Lipinski definition) is 0. The zero-order chi connectivity index (χ0) is 23.3. The number of carbonyl (C=O) groups is 1. The van der Waals surface area contributed by atoms with E-state index in [0.717, 1.165) is 22.4 Å². The second-order valence-corrected chi connectivity index (χ2v) is 8.88. The minimum atomic E-state index is -0.471. The molecule has 5 aromatic rings. The summed E-state index contributed by atoms with van der Waals surface area (Å²) in [7, 11) is 0. The molecule has 0 saturated heterocycles. The van der Waals surface area contributed by atoms with Crippen molar-refractivity contribution >= 4 is 17.5 Å². The van der Waals surface area contributed by atoms with Gasteiger partial charge in [-0.1, -0.05) is 90.6 Å². The van der Waals surface area contributed by atoms with E-state index in [-0.39, 0.29) is 5.78 Å². The molecule has 2 heterocycles. The van der Waals surface area contributed by atoms with Crippen LogP contribution in [0, 0.1) is 6.92 Å². The molecule has 0 amide bonds. The predicted octanol–water partition coefficient (Wildman–Crippen LogP) is 6.35. The average Bonchev–Trinajstić information content (AvgIpc) is 3.32. The maximum Gasteiger partial charge on any atom is 0.197 e. The Morgan fingerprint density at radius 2 is 1.44 bits per heavy atom. The minimum absolute atomic E-state index is 0.0293. The lowest BCUT2D eigenvalue weighted by Crippen LogP contribution is -2.11. The second-order valence-electron chi connectivity index (χ2n) is 7.80. The van der Waals surface area contributed by atoms with Crippen LogP contribution >= 0.6 is 11.8 Å². The molecule has 5 rings (SSSR count). The van der Waals surface area contributed by atoms with E-state index in [1.165, 1.54) is 11.8 Å². The van der Waals surface area contributed by atoms with Crippen LogP contribution in [0.15, 0.2) is 115 Å². The predicted molar refractivity (Wildman–Crippen MR) is 135 cm³/mol. The lowest BCUT2D eigenvalue weighted by molar-refractivity contribution is 0.0989. The Labute approximate surface area is 202 Å². The molecular weight excluding hydrogens is 440 g/mol. The fourth-order valence-electron chi connectivity index (χ4n) is 3.83. The first-order valence-electron chi connectivity index (χ1n) is 10.9. The van der Waals surface area contributed by atoms with Crippen LogP contribution in [0.3, 0.4) is 0 Å².